The Labute approximate surface area is 171 Å². The van der Waals surface area contributed by atoms with Crippen molar-refractivity contribution in [3.05, 3.63) is 36.0 Å². The number of hydrogen-bond donors (Lipinski definition) is 1. The van der Waals surface area contributed by atoms with Crippen LogP contribution in [0.15, 0.2) is 35.6 Å². The molecule has 2 heterocycles. The summed E-state index contributed by atoms with van der Waals surface area (Å²) in [6.07, 6.45) is 1.79. The van der Waals surface area contributed by atoms with E-state index in [9.17, 15) is 9.59 Å². The van der Waals surface area contributed by atoms with Crippen molar-refractivity contribution in [2.45, 2.75) is 5.16 Å². The molecule has 0 spiro atoms. The molecule has 0 aliphatic carbocycles. The van der Waals surface area contributed by atoms with Gasteiger partial charge in [0.25, 0.3) is 0 Å². The van der Waals surface area contributed by atoms with Gasteiger partial charge in [-0.2, -0.15) is 0 Å². The van der Waals surface area contributed by atoms with Crippen LogP contribution in [-0.4, -0.2) is 56.4 Å². The maximum absolute atomic E-state index is 12.2. The number of anilines is 1. The number of carbonyl (C=O) groups excluding carboxylic acids is 2. The Bertz CT molecular complexity index is 1030. The summed E-state index contributed by atoms with van der Waals surface area (Å²) in [6.45, 7) is 0. The zero-order valence-electron chi connectivity index (χ0n) is 16.4. The first kappa shape index (κ1) is 20.4. The monoisotopic (exact) mass is 416 g/mol. The summed E-state index contributed by atoms with van der Waals surface area (Å²) < 4.78 is 13.3. The standard InChI is InChI=1S/C18H20N6O4S/c1-23-9-13(16(22-23)27-3)15-20-21-18(24(15)2)29-10-14(25)19-12-7-5-11(6-8-12)17(26)28-4/h5-9H,10H2,1-4H3,(H,19,25). The molecule has 1 aromatic carbocycles. The quantitative estimate of drug-likeness (QED) is 0.458. The van der Waals surface area contributed by atoms with Gasteiger partial charge >= 0.3 is 5.97 Å². The fourth-order valence-corrected chi connectivity index (χ4v) is 3.29. The van der Waals surface area contributed by atoms with E-state index in [1.807, 2.05) is 7.05 Å². The molecule has 0 saturated heterocycles. The summed E-state index contributed by atoms with van der Waals surface area (Å²) in [5.74, 6) is 0.560. The average Bonchev–Trinajstić information content (AvgIpc) is 3.28. The third-order valence-corrected chi connectivity index (χ3v) is 5.01. The van der Waals surface area contributed by atoms with E-state index in [1.165, 1.54) is 18.9 Å². The summed E-state index contributed by atoms with van der Waals surface area (Å²) in [4.78, 5) is 23.7. The molecule has 11 heteroatoms. The number of rotatable bonds is 7. The number of ether oxygens (including phenoxy) is 2. The predicted molar refractivity (Wildman–Crippen MR) is 107 cm³/mol. The number of nitrogens with one attached hydrogen (secondary N) is 1. The number of carbonyl (C=O) groups is 2. The highest BCUT2D eigenvalue weighted by Crippen LogP contribution is 2.29. The second-order valence-corrected chi connectivity index (χ2v) is 6.94. The van der Waals surface area contributed by atoms with Gasteiger partial charge in [-0.25, -0.2) is 4.79 Å². The zero-order chi connectivity index (χ0) is 21.0. The minimum absolute atomic E-state index is 0.148. The van der Waals surface area contributed by atoms with E-state index in [0.29, 0.717) is 33.7 Å². The van der Waals surface area contributed by atoms with Crippen LogP contribution >= 0.6 is 11.8 Å². The number of esters is 1. The Kier molecular flexibility index (Phi) is 6.17. The number of aryl methyl sites for hydroxylation is 1. The van der Waals surface area contributed by atoms with Gasteiger partial charge in [-0.3, -0.25) is 9.48 Å². The molecule has 0 aliphatic heterocycles. The zero-order valence-corrected chi connectivity index (χ0v) is 17.2. The molecule has 0 saturated carbocycles. The summed E-state index contributed by atoms with van der Waals surface area (Å²) in [7, 11) is 6.46. The Hall–Kier alpha value is -3.34. The van der Waals surface area contributed by atoms with Crippen molar-refractivity contribution in [2.75, 3.05) is 25.3 Å². The molecule has 0 aliphatic rings. The van der Waals surface area contributed by atoms with Crippen molar-refractivity contribution >= 4 is 29.3 Å². The third kappa shape index (κ3) is 4.57. The number of thioether (sulfide) groups is 1. The lowest BCUT2D eigenvalue weighted by Crippen LogP contribution is -2.14. The second-order valence-electron chi connectivity index (χ2n) is 6.00. The number of amides is 1. The van der Waals surface area contributed by atoms with E-state index in [1.54, 1.807) is 53.9 Å². The summed E-state index contributed by atoms with van der Waals surface area (Å²) in [6, 6.07) is 6.46. The molecule has 0 bridgehead atoms. The first-order valence-electron chi connectivity index (χ1n) is 8.51. The van der Waals surface area contributed by atoms with Gasteiger partial charge in [0.15, 0.2) is 11.0 Å². The highest BCUT2D eigenvalue weighted by atomic mass is 32.2. The maximum atomic E-state index is 12.2. The second kappa shape index (κ2) is 8.78. The minimum Gasteiger partial charge on any atom is -0.479 e. The maximum Gasteiger partial charge on any atom is 0.337 e. The molecule has 1 N–H and O–H groups in total. The molecule has 29 heavy (non-hydrogen) atoms. The van der Waals surface area contributed by atoms with Crippen LogP contribution in [0.1, 0.15) is 10.4 Å². The number of nitrogens with zero attached hydrogens (tertiary/aromatic N) is 5. The first-order chi connectivity index (χ1) is 13.9. The van der Waals surface area contributed by atoms with E-state index in [-0.39, 0.29) is 11.7 Å². The molecule has 152 valence electrons. The van der Waals surface area contributed by atoms with Crippen molar-refractivity contribution in [1.29, 1.82) is 0 Å². The summed E-state index contributed by atoms with van der Waals surface area (Å²) in [5.41, 5.74) is 1.71. The van der Waals surface area contributed by atoms with E-state index < -0.39 is 5.97 Å². The smallest absolute Gasteiger partial charge is 0.337 e. The Morgan fingerprint density at radius 1 is 1.14 bits per heavy atom. The van der Waals surface area contributed by atoms with Crippen LogP contribution in [0.25, 0.3) is 11.4 Å². The molecule has 3 rings (SSSR count). The van der Waals surface area contributed by atoms with Gasteiger partial charge in [-0.05, 0) is 24.3 Å². The first-order valence-corrected chi connectivity index (χ1v) is 9.50. The van der Waals surface area contributed by atoms with Crippen LogP contribution in [0.3, 0.4) is 0 Å². The van der Waals surface area contributed by atoms with Gasteiger partial charge in [0.2, 0.25) is 11.8 Å². The molecule has 0 atom stereocenters. The molecule has 0 unspecified atom stereocenters. The van der Waals surface area contributed by atoms with Gasteiger partial charge in [-0.15, -0.1) is 15.3 Å². The van der Waals surface area contributed by atoms with E-state index >= 15 is 0 Å². The SMILES string of the molecule is COC(=O)c1ccc(NC(=O)CSc2nnc(-c3cn(C)nc3OC)n2C)cc1. The molecule has 10 nitrogen and oxygen atoms in total. The Morgan fingerprint density at radius 3 is 2.52 bits per heavy atom. The minimum atomic E-state index is -0.429. The number of benzene rings is 1. The fourth-order valence-electron chi connectivity index (χ4n) is 2.58. The van der Waals surface area contributed by atoms with E-state index in [0.717, 1.165) is 0 Å². The van der Waals surface area contributed by atoms with Gasteiger partial charge < -0.3 is 19.4 Å². The van der Waals surface area contributed by atoms with Gasteiger partial charge in [-0.1, -0.05) is 11.8 Å². The van der Waals surface area contributed by atoms with Crippen molar-refractivity contribution in [3.8, 4) is 17.3 Å². The molecule has 2 aromatic heterocycles. The summed E-state index contributed by atoms with van der Waals surface area (Å²) >= 11 is 1.26. The Morgan fingerprint density at radius 2 is 1.86 bits per heavy atom. The van der Waals surface area contributed by atoms with Crippen LogP contribution in [0.2, 0.25) is 0 Å². The number of methoxy groups -OCH3 is 2. The van der Waals surface area contributed by atoms with E-state index in [2.05, 4.69) is 25.3 Å². The van der Waals surface area contributed by atoms with Gasteiger partial charge in [0.1, 0.15) is 5.56 Å². The lowest BCUT2D eigenvalue weighted by atomic mass is 10.2. The van der Waals surface area contributed by atoms with Crippen molar-refractivity contribution in [1.82, 2.24) is 24.5 Å². The molecular formula is C18H20N6O4S. The highest BCUT2D eigenvalue weighted by molar-refractivity contribution is 7.99. The van der Waals surface area contributed by atoms with Crippen LogP contribution < -0.4 is 10.1 Å². The normalized spacial score (nSPS) is 10.6. The van der Waals surface area contributed by atoms with Crippen LogP contribution in [0, 0.1) is 0 Å². The van der Waals surface area contributed by atoms with Gasteiger partial charge in [0.05, 0.1) is 25.5 Å². The number of aromatic nitrogens is 5. The van der Waals surface area contributed by atoms with Crippen LogP contribution in [0.5, 0.6) is 5.88 Å². The predicted octanol–water partition coefficient (Wildman–Crippen LogP) is 1.74. The molecule has 1 amide bonds. The highest BCUT2D eigenvalue weighted by Gasteiger charge is 2.19. The topological polar surface area (TPSA) is 113 Å². The molecule has 0 fully saturated rings. The van der Waals surface area contributed by atoms with Crippen molar-refractivity contribution in [3.63, 3.8) is 0 Å². The fraction of sp³-hybridized carbons (Fsp3) is 0.278. The van der Waals surface area contributed by atoms with Gasteiger partial charge in [0, 0.05) is 26.0 Å². The molecular weight excluding hydrogens is 396 g/mol. The lowest BCUT2D eigenvalue weighted by molar-refractivity contribution is -0.113. The lowest BCUT2D eigenvalue weighted by Gasteiger charge is -2.06. The third-order valence-electron chi connectivity index (χ3n) is 3.99. The van der Waals surface area contributed by atoms with Crippen LogP contribution in [0.4, 0.5) is 5.69 Å². The number of hydrogen-bond acceptors (Lipinski definition) is 8. The average molecular weight is 416 g/mol. The van der Waals surface area contributed by atoms with Crippen molar-refractivity contribution in [2.24, 2.45) is 14.1 Å². The largest absolute Gasteiger partial charge is 0.479 e. The van der Waals surface area contributed by atoms with E-state index in [4.69, 9.17) is 4.74 Å². The summed E-state index contributed by atoms with van der Waals surface area (Å²) in [5, 5.41) is 15.9. The van der Waals surface area contributed by atoms with Crippen LogP contribution in [-0.2, 0) is 23.6 Å². The Balaban J connectivity index is 1.62. The molecule has 0 radical (unpaired) electrons. The molecule has 3 aromatic rings. The van der Waals surface area contributed by atoms with Crippen molar-refractivity contribution < 1.29 is 19.1 Å².